The maximum Gasteiger partial charge on any atom is 0.353 e. The maximum absolute atomic E-state index is 11.5. The average Bonchev–Trinajstić information content (AvgIpc) is 2.81. The molecule has 0 saturated heterocycles. The van der Waals surface area contributed by atoms with Gasteiger partial charge in [-0.1, -0.05) is 0 Å². The van der Waals surface area contributed by atoms with E-state index in [-0.39, 0.29) is 19.1 Å². The number of nitrogens with zero attached hydrogens (tertiary/aromatic N) is 4. The van der Waals surface area contributed by atoms with Gasteiger partial charge in [0.15, 0.2) is 11.5 Å². The fourth-order valence-corrected chi connectivity index (χ4v) is 2.74. The maximum atomic E-state index is 11.5. The molecule has 10 heteroatoms. The molecule has 2 atom stereocenters. The van der Waals surface area contributed by atoms with E-state index in [1.54, 1.807) is 24.7 Å². The van der Waals surface area contributed by atoms with Crippen LogP contribution in [-0.4, -0.2) is 43.5 Å². The minimum absolute atomic E-state index is 0.161. The van der Waals surface area contributed by atoms with Gasteiger partial charge in [0.05, 0.1) is 25.6 Å². The van der Waals surface area contributed by atoms with Crippen LogP contribution in [0.5, 0.6) is 0 Å². The molecule has 0 fully saturated rings. The molecular weight excluding hydrogens is 297 g/mol. The SMILES string of the molecule is CCOP(=O)(O)CO[C@H](C)Cn1cnc2c(N)ncnc21. The number of hydrogen-bond acceptors (Lipinski definition) is 7. The van der Waals surface area contributed by atoms with Crippen molar-refractivity contribution >= 4 is 24.6 Å². The number of imidazole rings is 1. The quantitative estimate of drug-likeness (QED) is 0.725. The Labute approximate surface area is 121 Å². The van der Waals surface area contributed by atoms with E-state index in [4.69, 9.17) is 15.0 Å². The average molecular weight is 315 g/mol. The summed E-state index contributed by atoms with van der Waals surface area (Å²) in [6.07, 6.45) is 2.26. The number of hydrogen-bond donors (Lipinski definition) is 2. The number of fused-ring (bicyclic) bond motifs is 1. The minimum Gasteiger partial charge on any atom is -0.382 e. The number of rotatable bonds is 7. The van der Waals surface area contributed by atoms with Gasteiger partial charge < -0.3 is 24.5 Å². The predicted octanol–water partition coefficient (Wildman–Crippen LogP) is 0.993. The molecule has 2 aromatic rings. The van der Waals surface area contributed by atoms with Gasteiger partial charge in [-0.2, -0.15) is 0 Å². The Hall–Kier alpha value is -1.54. The molecule has 9 nitrogen and oxygen atoms in total. The second-order valence-electron chi connectivity index (χ2n) is 4.49. The van der Waals surface area contributed by atoms with Crippen molar-refractivity contribution in [1.82, 2.24) is 19.5 Å². The molecule has 0 saturated carbocycles. The smallest absolute Gasteiger partial charge is 0.353 e. The van der Waals surface area contributed by atoms with E-state index >= 15 is 0 Å². The van der Waals surface area contributed by atoms with Gasteiger partial charge in [0.25, 0.3) is 0 Å². The van der Waals surface area contributed by atoms with Gasteiger partial charge in [-0.15, -0.1) is 0 Å². The summed E-state index contributed by atoms with van der Waals surface area (Å²) in [6.45, 7) is 4.00. The van der Waals surface area contributed by atoms with Crippen molar-refractivity contribution in [1.29, 1.82) is 0 Å². The molecule has 2 heterocycles. The van der Waals surface area contributed by atoms with Gasteiger partial charge in [0.2, 0.25) is 0 Å². The highest BCUT2D eigenvalue weighted by Gasteiger charge is 2.20. The zero-order valence-corrected chi connectivity index (χ0v) is 12.7. The Bertz CT molecular complexity index is 661. The Morgan fingerprint density at radius 1 is 1.48 bits per heavy atom. The Balaban J connectivity index is 2.00. The van der Waals surface area contributed by atoms with Crippen LogP contribution >= 0.6 is 7.60 Å². The third-order valence-electron chi connectivity index (χ3n) is 2.74. The van der Waals surface area contributed by atoms with Crippen molar-refractivity contribution in [3.63, 3.8) is 0 Å². The van der Waals surface area contributed by atoms with Crippen LogP contribution in [0, 0.1) is 0 Å². The van der Waals surface area contributed by atoms with Gasteiger partial charge in [-0.25, -0.2) is 15.0 Å². The van der Waals surface area contributed by atoms with Crippen LogP contribution in [0.1, 0.15) is 13.8 Å². The zero-order valence-electron chi connectivity index (χ0n) is 11.8. The molecule has 0 aromatic carbocycles. The summed E-state index contributed by atoms with van der Waals surface area (Å²) < 4.78 is 23.4. The molecule has 0 aliphatic carbocycles. The van der Waals surface area contributed by atoms with Gasteiger partial charge in [0, 0.05) is 0 Å². The Kier molecular flexibility index (Phi) is 4.89. The molecule has 3 N–H and O–H groups in total. The number of aromatic nitrogens is 4. The number of nitrogen functional groups attached to an aromatic ring is 1. The van der Waals surface area contributed by atoms with Crippen LogP contribution in [0.4, 0.5) is 5.82 Å². The standard InChI is InChI=1S/C11H18N5O4P/c1-3-20-21(17,18)7-19-8(2)4-16-6-15-9-10(12)13-5-14-11(9)16/h5-6,8H,3-4,7H2,1-2H3,(H,17,18)(H2,12,13,14)/t8-/m1/s1. The topological polar surface area (TPSA) is 125 Å². The Morgan fingerprint density at radius 2 is 2.24 bits per heavy atom. The second-order valence-corrected chi connectivity index (χ2v) is 6.28. The first-order chi connectivity index (χ1) is 9.93. The van der Waals surface area contributed by atoms with E-state index in [2.05, 4.69) is 15.0 Å². The molecule has 0 radical (unpaired) electrons. The Morgan fingerprint density at radius 3 is 2.95 bits per heavy atom. The predicted molar refractivity (Wildman–Crippen MR) is 76.6 cm³/mol. The van der Waals surface area contributed by atoms with Crippen LogP contribution in [0.25, 0.3) is 11.2 Å². The fraction of sp³-hybridized carbons (Fsp3) is 0.545. The number of ether oxygens (including phenoxy) is 1. The fourth-order valence-electron chi connectivity index (χ4n) is 1.82. The van der Waals surface area contributed by atoms with Crippen molar-refractivity contribution in [2.45, 2.75) is 26.5 Å². The van der Waals surface area contributed by atoms with Gasteiger partial charge in [-0.3, -0.25) is 4.57 Å². The highest BCUT2D eigenvalue weighted by molar-refractivity contribution is 7.52. The van der Waals surface area contributed by atoms with E-state index < -0.39 is 7.60 Å². The molecule has 2 aromatic heterocycles. The van der Waals surface area contributed by atoms with Gasteiger partial charge >= 0.3 is 7.60 Å². The highest BCUT2D eigenvalue weighted by Crippen LogP contribution is 2.41. The summed E-state index contributed by atoms with van der Waals surface area (Å²) in [4.78, 5) is 21.6. The lowest BCUT2D eigenvalue weighted by Gasteiger charge is -2.16. The summed E-state index contributed by atoms with van der Waals surface area (Å²) in [5.41, 5.74) is 6.82. The van der Waals surface area contributed by atoms with Crippen molar-refractivity contribution in [2.75, 3.05) is 18.7 Å². The third kappa shape index (κ3) is 3.98. The molecule has 1 unspecified atom stereocenters. The van der Waals surface area contributed by atoms with E-state index in [0.29, 0.717) is 23.5 Å². The first kappa shape index (κ1) is 15.8. The molecule has 116 valence electrons. The van der Waals surface area contributed by atoms with Crippen molar-refractivity contribution in [3.05, 3.63) is 12.7 Å². The molecule has 0 aliphatic heterocycles. The minimum atomic E-state index is -3.69. The molecule has 0 spiro atoms. The zero-order chi connectivity index (χ0) is 15.5. The normalized spacial score (nSPS) is 16.0. The van der Waals surface area contributed by atoms with Gasteiger partial charge in [-0.05, 0) is 13.8 Å². The van der Waals surface area contributed by atoms with E-state index in [1.807, 2.05) is 0 Å². The summed E-state index contributed by atoms with van der Waals surface area (Å²) in [6, 6.07) is 0. The first-order valence-electron chi connectivity index (χ1n) is 6.42. The van der Waals surface area contributed by atoms with Crippen LogP contribution in [0.15, 0.2) is 12.7 Å². The molecule has 0 aliphatic rings. The summed E-state index contributed by atoms with van der Waals surface area (Å²) >= 11 is 0. The summed E-state index contributed by atoms with van der Waals surface area (Å²) in [5.74, 6) is 0.309. The molecule has 21 heavy (non-hydrogen) atoms. The number of nitrogens with two attached hydrogens (primary N) is 1. The lowest BCUT2D eigenvalue weighted by molar-refractivity contribution is 0.0723. The monoisotopic (exact) mass is 315 g/mol. The van der Waals surface area contributed by atoms with Crippen molar-refractivity contribution in [3.8, 4) is 0 Å². The molecule has 2 rings (SSSR count). The highest BCUT2D eigenvalue weighted by atomic mass is 31.2. The van der Waals surface area contributed by atoms with Crippen LogP contribution in [-0.2, 0) is 20.4 Å². The van der Waals surface area contributed by atoms with Crippen LogP contribution in [0.3, 0.4) is 0 Å². The van der Waals surface area contributed by atoms with E-state index in [1.165, 1.54) is 6.33 Å². The van der Waals surface area contributed by atoms with Crippen LogP contribution in [0.2, 0.25) is 0 Å². The van der Waals surface area contributed by atoms with E-state index in [0.717, 1.165) is 0 Å². The van der Waals surface area contributed by atoms with Crippen molar-refractivity contribution in [2.24, 2.45) is 0 Å². The molecule has 0 bridgehead atoms. The van der Waals surface area contributed by atoms with Crippen LogP contribution < -0.4 is 5.73 Å². The van der Waals surface area contributed by atoms with E-state index in [9.17, 15) is 9.46 Å². The second kappa shape index (κ2) is 6.48. The summed E-state index contributed by atoms with van der Waals surface area (Å²) in [5, 5.41) is 0. The first-order valence-corrected chi connectivity index (χ1v) is 8.18. The number of anilines is 1. The molecule has 0 amide bonds. The summed E-state index contributed by atoms with van der Waals surface area (Å²) in [7, 11) is -3.69. The molecular formula is C11H18N5O4P. The van der Waals surface area contributed by atoms with Gasteiger partial charge in [0.1, 0.15) is 18.2 Å². The lowest BCUT2D eigenvalue weighted by Crippen LogP contribution is -2.17. The third-order valence-corrected chi connectivity index (χ3v) is 3.87. The largest absolute Gasteiger partial charge is 0.382 e. The van der Waals surface area contributed by atoms with Crippen molar-refractivity contribution < 1.29 is 18.7 Å². The lowest BCUT2D eigenvalue weighted by atomic mass is 10.4.